The largest absolute Gasteiger partial charge is 0.494 e. The van der Waals surface area contributed by atoms with Gasteiger partial charge in [-0.2, -0.15) is 0 Å². The topological polar surface area (TPSA) is 89.3 Å². The van der Waals surface area contributed by atoms with Crippen molar-refractivity contribution in [1.82, 2.24) is 14.5 Å². The highest BCUT2D eigenvalue weighted by molar-refractivity contribution is 7.23. The zero-order valence-corrected chi connectivity index (χ0v) is 19.2. The van der Waals surface area contributed by atoms with Crippen LogP contribution in [0.5, 0.6) is 5.75 Å². The molecule has 2 heterocycles. The number of nitrogens with zero attached hydrogens (tertiary/aromatic N) is 3. The SMILES string of the molecule is COc1ccc(-c2ccccc2)c2sc(NC(=O)c3ccc(Cn4ccnc4CO)cc3)nc12. The molecule has 0 radical (unpaired) electrons. The number of hydrogen-bond acceptors (Lipinski definition) is 6. The number of aliphatic hydroxyl groups excluding tert-OH is 1. The Balaban J connectivity index is 1.38. The van der Waals surface area contributed by atoms with E-state index in [1.165, 1.54) is 11.3 Å². The minimum Gasteiger partial charge on any atom is -0.494 e. The van der Waals surface area contributed by atoms with Gasteiger partial charge >= 0.3 is 0 Å². The molecule has 0 saturated carbocycles. The number of benzene rings is 3. The van der Waals surface area contributed by atoms with E-state index in [4.69, 9.17) is 4.74 Å². The smallest absolute Gasteiger partial charge is 0.257 e. The van der Waals surface area contributed by atoms with E-state index in [2.05, 4.69) is 15.3 Å². The lowest BCUT2D eigenvalue weighted by molar-refractivity contribution is 0.102. The zero-order chi connectivity index (χ0) is 23.5. The van der Waals surface area contributed by atoms with Gasteiger partial charge in [-0.3, -0.25) is 10.1 Å². The molecule has 0 atom stereocenters. The summed E-state index contributed by atoms with van der Waals surface area (Å²) in [5.41, 5.74) is 4.38. The van der Waals surface area contributed by atoms with Crippen molar-refractivity contribution in [2.24, 2.45) is 0 Å². The average Bonchev–Trinajstić information content (AvgIpc) is 3.50. The second-order valence-electron chi connectivity index (χ2n) is 7.66. The average molecular weight is 471 g/mol. The number of nitrogens with one attached hydrogen (secondary N) is 1. The van der Waals surface area contributed by atoms with Crippen LogP contribution in [-0.2, 0) is 13.2 Å². The monoisotopic (exact) mass is 470 g/mol. The lowest BCUT2D eigenvalue weighted by atomic mass is 10.1. The van der Waals surface area contributed by atoms with Crippen LogP contribution >= 0.6 is 11.3 Å². The first-order valence-corrected chi connectivity index (χ1v) is 11.5. The number of thiazole rings is 1. The molecule has 0 fully saturated rings. The summed E-state index contributed by atoms with van der Waals surface area (Å²) < 4.78 is 8.33. The fraction of sp³-hybridized carbons (Fsp3) is 0.115. The summed E-state index contributed by atoms with van der Waals surface area (Å²) in [6.07, 6.45) is 3.47. The number of carbonyl (C=O) groups excluding carboxylic acids is 1. The van der Waals surface area contributed by atoms with Crippen LogP contribution in [0.15, 0.2) is 79.1 Å². The molecule has 5 rings (SSSR count). The lowest BCUT2D eigenvalue weighted by Crippen LogP contribution is -2.12. The van der Waals surface area contributed by atoms with Crippen molar-refractivity contribution in [3.05, 3.63) is 96.1 Å². The third-order valence-electron chi connectivity index (χ3n) is 5.54. The number of imidazole rings is 1. The predicted molar refractivity (Wildman–Crippen MR) is 133 cm³/mol. The molecule has 34 heavy (non-hydrogen) atoms. The lowest BCUT2D eigenvalue weighted by Gasteiger charge is -2.07. The van der Waals surface area contributed by atoms with Crippen molar-refractivity contribution < 1.29 is 14.6 Å². The Labute approximate surface area is 200 Å². The summed E-state index contributed by atoms with van der Waals surface area (Å²) in [5, 5.41) is 12.8. The van der Waals surface area contributed by atoms with Crippen molar-refractivity contribution in [2.45, 2.75) is 13.2 Å². The van der Waals surface area contributed by atoms with Gasteiger partial charge in [-0.25, -0.2) is 9.97 Å². The van der Waals surface area contributed by atoms with Gasteiger partial charge in [0.25, 0.3) is 5.91 Å². The molecule has 3 aromatic carbocycles. The van der Waals surface area contributed by atoms with Gasteiger partial charge in [0.15, 0.2) is 5.13 Å². The van der Waals surface area contributed by atoms with E-state index in [9.17, 15) is 9.90 Å². The van der Waals surface area contributed by atoms with Gasteiger partial charge in [-0.15, -0.1) is 0 Å². The summed E-state index contributed by atoms with van der Waals surface area (Å²) >= 11 is 1.42. The van der Waals surface area contributed by atoms with E-state index >= 15 is 0 Å². The summed E-state index contributed by atoms with van der Waals surface area (Å²) in [6.45, 7) is 0.449. The molecular weight excluding hydrogens is 448 g/mol. The Morgan fingerprint density at radius 1 is 1.09 bits per heavy atom. The first kappa shape index (κ1) is 21.8. The number of fused-ring (bicyclic) bond motifs is 1. The molecule has 0 aliphatic rings. The van der Waals surface area contributed by atoms with Gasteiger partial charge in [0.2, 0.25) is 0 Å². The number of methoxy groups -OCH3 is 1. The molecular formula is C26H22N4O3S. The molecule has 0 bridgehead atoms. The van der Waals surface area contributed by atoms with E-state index < -0.39 is 0 Å². The summed E-state index contributed by atoms with van der Waals surface area (Å²) in [6, 6.07) is 21.3. The third-order valence-corrected chi connectivity index (χ3v) is 6.55. The molecule has 2 N–H and O–H groups in total. The summed E-state index contributed by atoms with van der Waals surface area (Å²) in [4.78, 5) is 21.7. The number of carbonyl (C=O) groups is 1. The van der Waals surface area contributed by atoms with Crippen LogP contribution in [0.2, 0.25) is 0 Å². The maximum absolute atomic E-state index is 12.9. The maximum Gasteiger partial charge on any atom is 0.257 e. The van der Waals surface area contributed by atoms with Crippen LogP contribution in [0, 0.1) is 0 Å². The molecule has 0 saturated heterocycles. The van der Waals surface area contributed by atoms with Gasteiger partial charge in [-0.05, 0) is 35.4 Å². The van der Waals surface area contributed by atoms with E-state index in [0.717, 1.165) is 26.9 Å². The van der Waals surface area contributed by atoms with Crippen LogP contribution in [0.25, 0.3) is 21.3 Å². The van der Waals surface area contributed by atoms with Crippen molar-refractivity contribution in [1.29, 1.82) is 0 Å². The van der Waals surface area contributed by atoms with Crippen molar-refractivity contribution in [2.75, 3.05) is 12.4 Å². The minimum absolute atomic E-state index is 0.119. The Kier molecular flexibility index (Phi) is 6.07. The highest BCUT2D eigenvalue weighted by Crippen LogP contribution is 2.39. The van der Waals surface area contributed by atoms with Gasteiger partial charge in [0.1, 0.15) is 23.7 Å². The minimum atomic E-state index is -0.232. The molecule has 2 aromatic heterocycles. The Hall–Kier alpha value is -4.01. The third kappa shape index (κ3) is 4.28. The van der Waals surface area contributed by atoms with E-state index in [-0.39, 0.29) is 12.5 Å². The van der Waals surface area contributed by atoms with Crippen molar-refractivity contribution in [3.63, 3.8) is 0 Å². The first-order valence-electron chi connectivity index (χ1n) is 10.7. The zero-order valence-electron chi connectivity index (χ0n) is 18.4. The van der Waals surface area contributed by atoms with Crippen LogP contribution in [0.4, 0.5) is 5.13 Å². The van der Waals surface area contributed by atoms with Gasteiger partial charge in [-0.1, -0.05) is 53.8 Å². The predicted octanol–water partition coefficient (Wildman–Crippen LogP) is 4.96. The summed E-state index contributed by atoms with van der Waals surface area (Å²) in [5.74, 6) is 1.03. The number of hydrogen-bond donors (Lipinski definition) is 2. The normalized spacial score (nSPS) is 11.0. The van der Waals surface area contributed by atoms with E-state index in [1.807, 2.05) is 65.4 Å². The van der Waals surface area contributed by atoms with Crippen molar-refractivity contribution >= 4 is 32.6 Å². The Morgan fingerprint density at radius 2 is 1.88 bits per heavy atom. The molecule has 7 nitrogen and oxygen atoms in total. The van der Waals surface area contributed by atoms with Gasteiger partial charge in [0, 0.05) is 30.1 Å². The quantitative estimate of drug-likeness (QED) is 0.351. The number of aliphatic hydroxyl groups is 1. The first-order chi connectivity index (χ1) is 16.7. The highest BCUT2D eigenvalue weighted by Gasteiger charge is 2.16. The molecule has 0 unspecified atom stereocenters. The van der Waals surface area contributed by atoms with E-state index in [0.29, 0.717) is 28.8 Å². The maximum atomic E-state index is 12.9. The molecule has 0 spiro atoms. The van der Waals surface area contributed by atoms with Gasteiger partial charge < -0.3 is 14.4 Å². The molecule has 0 aliphatic carbocycles. The van der Waals surface area contributed by atoms with Crippen LogP contribution < -0.4 is 10.1 Å². The highest BCUT2D eigenvalue weighted by atomic mass is 32.1. The van der Waals surface area contributed by atoms with Crippen molar-refractivity contribution in [3.8, 4) is 16.9 Å². The second kappa shape index (κ2) is 9.46. The number of anilines is 1. The number of amides is 1. The molecule has 1 amide bonds. The number of ether oxygens (including phenoxy) is 1. The van der Waals surface area contributed by atoms with Crippen LogP contribution in [0.1, 0.15) is 21.7 Å². The van der Waals surface area contributed by atoms with Crippen LogP contribution in [-0.4, -0.2) is 32.7 Å². The molecule has 5 aromatic rings. The van der Waals surface area contributed by atoms with E-state index in [1.54, 1.807) is 25.4 Å². The molecule has 8 heteroatoms. The Morgan fingerprint density at radius 3 is 2.62 bits per heavy atom. The fourth-order valence-corrected chi connectivity index (χ4v) is 4.82. The van der Waals surface area contributed by atoms with Gasteiger partial charge in [0.05, 0.1) is 11.8 Å². The molecule has 0 aliphatic heterocycles. The molecule has 170 valence electrons. The van der Waals surface area contributed by atoms with Crippen LogP contribution in [0.3, 0.4) is 0 Å². The number of aromatic nitrogens is 3. The fourth-order valence-electron chi connectivity index (χ4n) is 3.81. The Bertz CT molecular complexity index is 1440. The summed E-state index contributed by atoms with van der Waals surface area (Å²) in [7, 11) is 1.61. The number of rotatable bonds is 7. The standard InChI is InChI=1S/C26H22N4O3S/c1-33-21-12-11-20(18-5-3-2-4-6-18)24-23(21)28-26(34-24)29-25(32)19-9-7-17(8-10-19)15-30-14-13-27-22(30)16-31/h2-14,31H,15-16H2,1H3,(H,28,29,32). The second-order valence-corrected chi connectivity index (χ2v) is 8.66.